The van der Waals surface area contributed by atoms with E-state index in [9.17, 15) is 0 Å². The Morgan fingerprint density at radius 2 is 1.24 bits per heavy atom. The van der Waals surface area contributed by atoms with E-state index in [-0.39, 0.29) is 0 Å². The van der Waals surface area contributed by atoms with Gasteiger partial charge in [-0.15, -0.1) is 0 Å². The van der Waals surface area contributed by atoms with E-state index < -0.39 is 0 Å². The average Bonchev–Trinajstić information content (AvgIpc) is 3.19. The summed E-state index contributed by atoms with van der Waals surface area (Å²) in [5, 5.41) is 0. The summed E-state index contributed by atoms with van der Waals surface area (Å²) < 4.78 is 2.44. The molecule has 140 valence electrons. The van der Waals surface area contributed by atoms with Crippen LogP contribution in [0.15, 0.2) is 84.9 Å². The van der Waals surface area contributed by atoms with Crippen molar-refractivity contribution in [2.24, 2.45) is 0 Å². The van der Waals surface area contributed by atoms with Gasteiger partial charge in [0.15, 0.2) is 0 Å². The largest absolute Gasteiger partial charge is 0.296 e. The number of aryl methyl sites for hydroxylation is 1. The molecule has 0 atom stereocenters. The fraction of sp³-hybridized carbons (Fsp3) is 0.148. The van der Waals surface area contributed by atoms with E-state index in [1.807, 2.05) is 0 Å². The molecule has 5 aromatic rings. The van der Waals surface area contributed by atoms with Gasteiger partial charge in [-0.05, 0) is 60.1 Å². The second kappa shape index (κ2) is 6.59. The van der Waals surface area contributed by atoms with Crippen LogP contribution in [0.4, 0.5) is 0 Å². The van der Waals surface area contributed by atoms with Gasteiger partial charge in [0.25, 0.3) is 0 Å². The number of para-hydroxylation sites is 2. The highest BCUT2D eigenvalue weighted by Crippen LogP contribution is 2.43. The highest BCUT2D eigenvalue weighted by Gasteiger charge is 2.25. The second-order valence-electron chi connectivity index (χ2n) is 7.87. The number of nitrogens with zero attached hydrogens (tertiary/aromatic N) is 2. The number of rotatable bonds is 2. The van der Waals surface area contributed by atoms with Gasteiger partial charge in [-0.25, -0.2) is 4.98 Å². The van der Waals surface area contributed by atoms with Gasteiger partial charge < -0.3 is 0 Å². The molecule has 0 amide bonds. The van der Waals surface area contributed by atoms with Crippen LogP contribution in [0.25, 0.3) is 38.9 Å². The Morgan fingerprint density at radius 1 is 0.621 bits per heavy atom. The fourth-order valence-electron chi connectivity index (χ4n) is 4.94. The Hall–Kier alpha value is -3.39. The van der Waals surface area contributed by atoms with Crippen LogP contribution in [0.3, 0.4) is 0 Å². The summed E-state index contributed by atoms with van der Waals surface area (Å²) in [6.45, 7) is 0. The summed E-state index contributed by atoms with van der Waals surface area (Å²) in [7, 11) is 0. The van der Waals surface area contributed by atoms with Crippen LogP contribution in [-0.4, -0.2) is 9.38 Å². The Morgan fingerprint density at radius 3 is 2.00 bits per heavy atom. The number of aromatic nitrogens is 2. The van der Waals surface area contributed by atoms with E-state index >= 15 is 0 Å². The van der Waals surface area contributed by atoms with Crippen LogP contribution in [0.5, 0.6) is 0 Å². The lowest BCUT2D eigenvalue weighted by Crippen LogP contribution is -2.12. The van der Waals surface area contributed by atoms with Gasteiger partial charge in [-0.2, -0.15) is 0 Å². The normalized spacial score (nSPS) is 13.7. The number of pyridine rings is 1. The molecule has 0 N–H and O–H groups in total. The summed E-state index contributed by atoms with van der Waals surface area (Å²) in [4.78, 5) is 5.15. The molecule has 0 unspecified atom stereocenters. The van der Waals surface area contributed by atoms with Crippen molar-refractivity contribution in [2.75, 3.05) is 0 Å². The smallest absolute Gasteiger partial charge is 0.146 e. The van der Waals surface area contributed by atoms with Crippen molar-refractivity contribution >= 4 is 16.7 Å². The Kier molecular flexibility index (Phi) is 3.76. The Balaban J connectivity index is 1.86. The van der Waals surface area contributed by atoms with E-state index in [0.29, 0.717) is 0 Å². The SMILES string of the molecule is c1ccc(-c2c3c(n4c(nc5ccccc54)c2-c2ccccc2)CCCC3)cc1. The molecule has 1 aliphatic rings. The molecule has 0 aliphatic heterocycles. The van der Waals surface area contributed by atoms with Crippen LogP contribution in [0.2, 0.25) is 0 Å². The van der Waals surface area contributed by atoms with Crippen molar-refractivity contribution in [3.05, 3.63) is 96.2 Å². The summed E-state index contributed by atoms with van der Waals surface area (Å²) in [5.74, 6) is 0. The van der Waals surface area contributed by atoms with Crippen molar-refractivity contribution in [2.45, 2.75) is 25.7 Å². The first-order chi connectivity index (χ1) is 14.4. The first-order valence-corrected chi connectivity index (χ1v) is 10.5. The van der Waals surface area contributed by atoms with Gasteiger partial charge in [-0.3, -0.25) is 4.40 Å². The van der Waals surface area contributed by atoms with Crippen LogP contribution < -0.4 is 0 Å². The van der Waals surface area contributed by atoms with Crippen molar-refractivity contribution in [3.8, 4) is 22.3 Å². The third-order valence-corrected chi connectivity index (χ3v) is 6.17. The van der Waals surface area contributed by atoms with Crippen LogP contribution in [0, 0.1) is 0 Å². The van der Waals surface area contributed by atoms with Gasteiger partial charge in [0, 0.05) is 11.3 Å². The van der Waals surface area contributed by atoms with Crippen molar-refractivity contribution in [1.29, 1.82) is 0 Å². The maximum Gasteiger partial charge on any atom is 0.146 e. The van der Waals surface area contributed by atoms with Gasteiger partial charge in [-0.1, -0.05) is 72.8 Å². The summed E-state index contributed by atoms with van der Waals surface area (Å²) in [6.07, 6.45) is 4.73. The number of benzene rings is 3. The number of fused-ring (bicyclic) bond motifs is 5. The van der Waals surface area contributed by atoms with E-state index in [1.54, 1.807) is 0 Å². The first kappa shape index (κ1) is 16.6. The van der Waals surface area contributed by atoms with Gasteiger partial charge in [0.1, 0.15) is 5.65 Å². The molecule has 29 heavy (non-hydrogen) atoms. The molecule has 0 fully saturated rings. The molecular formula is C27H22N2. The maximum absolute atomic E-state index is 5.15. The minimum Gasteiger partial charge on any atom is -0.296 e. The molecular weight excluding hydrogens is 352 g/mol. The quantitative estimate of drug-likeness (QED) is 0.336. The molecule has 2 nitrogen and oxygen atoms in total. The zero-order valence-corrected chi connectivity index (χ0v) is 16.3. The van der Waals surface area contributed by atoms with E-state index in [4.69, 9.17) is 4.98 Å². The topological polar surface area (TPSA) is 17.3 Å². The Bertz CT molecular complexity index is 1330. The minimum absolute atomic E-state index is 1.07. The standard InChI is InChI=1S/C27H22N2/c1-3-11-19(12-4-1)25-21-15-7-9-17-23(21)29-24-18-10-8-16-22(24)28-27(29)26(25)20-13-5-2-6-14-20/h1-6,8,10-14,16,18H,7,9,15,17H2. The van der Waals surface area contributed by atoms with Gasteiger partial charge >= 0.3 is 0 Å². The lowest BCUT2D eigenvalue weighted by atomic mass is 9.84. The average molecular weight is 374 g/mol. The van der Waals surface area contributed by atoms with Gasteiger partial charge in [0.2, 0.25) is 0 Å². The summed E-state index contributed by atoms with van der Waals surface area (Å²) in [5.41, 5.74) is 11.5. The monoisotopic (exact) mass is 374 g/mol. The maximum atomic E-state index is 5.15. The molecule has 0 saturated carbocycles. The number of hydrogen-bond donors (Lipinski definition) is 0. The molecule has 2 heteroatoms. The molecule has 2 heterocycles. The van der Waals surface area contributed by atoms with E-state index in [0.717, 1.165) is 24.0 Å². The minimum atomic E-state index is 1.07. The summed E-state index contributed by atoms with van der Waals surface area (Å²) >= 11 is 0. The third-order valence-electron chi connectivity index (χ3n) is 6.17. The van der Waals surface area contributed by atoms with E-state index in [2.05, 4.69) is 89.3 Å². The van der Waals surface area contributed by atoms with Crippen molar-refractivity contribution in [3.63, 3.8) is 0 Å². The predicted molar refractivity (Wildman–Crippen MR) is 120 cm³/mol. The Labute approximate surface area is 170 Å². The van der Waals surface area contributed by atoms with Crippen LogP contribution in [0.1, 0.15) is 24.1 Å². The van der Waals surface area contributed by atoms with E-state index in [1.165, 1.54) is 51.9 Å². The lowest BCUT2D eigenvalue weighted by molar-refractivity contribution is 0.664. The van der Waals surface area contributed by atoms with Crippen LogP contribution >= 0.6 is 0 Å². The predicted octanol–water partition coefficient (Wildman–Crippen LogP) is 6.70. The summed E-state index contributed by atoms with van der Waals surface area (Å²) in [6, 6.07) is 30.2. The molecule has 0 saturated heterocycles. The lowest BCUT2D eigenvalue weighted by Gasteiger charge is -2.25. The molecule has 2 aromatic heterocycles. The molecule has 1 aliphatic carbocycles. The highest BCUT2D eigenvalue weighted by atomic mass is 15.0. The molecule has 3 aromatic carbocycles. The molecule has 0 bridgehead atoms. The molecule has 0 spiro atoms. The first-order valence-electron chi connectivity index (χ1n) is 10.5. The fourth-order valence-corrected chi connectivity index (χ4v) is 4.94. The molecule has 0 radical (unpaired) electrons. The number of imidazole rings is 1. The third kappa shape index (κ3) is 2.52. The zero-order chi connectivity index (χ0) is 19.2. The second-order valence-corrected chi connectivity index (χ2v) is 7.87. The zero-order valence-electron chi connectivity index (χ0n) is 16.3. The van der Waals surface area contributed by atoms with Gasteiger partial charge in [0.05, 0.1) is 11.0 Å². The van der Waals surface area contributed by atoms with Crippen molar-refractivity contribution < 1.29 is 0 Å². The highest BCUT2D eigenvalue weighted by molar-refractivity contribution is 5.98. The number of hydrogen-bond acceptors (Lipinski definition) is 1. The van der Waals surface area contributed by atoms with Crippen molar-refractivity contribution in [1.82, 2.24) is 9.38 Å². The molecule has 6 rings (SSSR count). The van der Waals surface area contributed by atoms with Crippen LogP contribution in [-0.2, 0) is 12.8 Å².